The lowest BCUT2D eigenvalue weighted by Gasteiger charge is -2.20. The van der Waals surface area contributed by atoms with Crippen molar-refractivity contribution >= 4 is 11.6 Å². The van der Waals surface area contributed by atoms with E-state index in [2.05, 4.69) is 0 Å². The van der Waals surface area contributed by atoms with Crippen LogP contribution in [-0.2, 0) is 5.92 Å². The summed E-state index contributed by atoms with van der Waals surface area (Å²) in [7, 11) is 0. The van der Waals surface area contributed by atoms with Crippen molar-refractivity contribution in [2.45, 2.75) is 19.0 Å². The van der Waals surface area contributed by atoms with E-state index < -0.39 is 12.0 Å². The maximum atomic E-state index is 13.2. The fourth-order valence-electron chi connectivity index (χ4n) is 0.957. The number of hydrogen-bond donors (Lipinski definition) is 1. The second kappa shape index (κ2) is 3.60. The lowest BCUT2D eigenvalue weighted by Crippen LogP contribution is -2.28. The molecule has 1 atom stereocenters. The summed E-state index contributed by atoms with van der Waals surface area (Å²) in [4.78, 5) is 0. The molecule has 1 nitrogen and oxygen atoms in total. The van der Waals surface area contributed by atoms with Gasteiger partial charge in [0.1, 0.15) is 6.10 Å². The van der Waals surface area contributed by atoms with Gasteiger partial charge in [0.2, 0.25) is 0 Å². The van der Waals surface area contributed by atoms with Gasteiger partial charge in [-0.15, -0.1) is 0 Å². The van der Waals surface area contributed by atoms with Gasteiger partial charge in [0.15, 0.2) is 0 Å². The van der Waals surface area contributed by atoms with E-state index in [9.17, 15) is 8.78 Å². The number of benzene rings is 1. The molecule has 72 valence electrons. The van der Waals surface area contributed by atoms with Crippen LogP contribution >= 0.6 is 11.6 Å². The Morgan fingerprint density at radius 2 is 1.92 bits per heavy atom. The summed E-state index contributed by atoms with van der Waals surface area (Å²) in [5, 5.41) is 8.82. The lowest BCUT2D eigenvalue weighted by molar-refractivity contribution is -0.106. The van der Waals surface area contributed by atoms with Crippen molar-refractivity contribution in [2.24, 2.45) is 0 Å². The van der Waals surface area contributed by atoms with Crippen molar-refractivity contribution in [3.05, 3.63) is 34.9 Å². The van der Waals surface area contributed by atoms with E-state index in [0.717, 1.165) is 6.92 Å². The Labute approximate surface area is 80.0 Å². The van der Waals surface area contributed by atoms with Gasteiger partial charge in [-0.2, -0.15) is 8.78 Å². The van der Waals surface area contributed by atoms with Gasteiger partial charge < -0.3 is 5.11 Å². The molecule has 0 amide bonds. The predicted molar refractivity (Wildman–Crippen MR) is 47.0 cm³/mol. The largest absolute Gasteiger partial charge is 0.387 e. The van der Waals surface area contributed by atoms with Crippen molar-refractivity contribution in [1.82, 2.24) is 0 Å². The van der Waals surface area contributed by atoms with Crippen LogP contribution in [0.4, 0.5) is 8.78 Å². The molecule has 0 saturated heterocycles. The van der Waals surface area contributed by atoms with Crippen LogP contribution in [0.15, 0.2) is 24.3 Å². The van der Waals surface area contributed by atoms with Crippen molar-refractivity contribution < 1.29 is 13.9 Å². The van der Waals surface area contributed by atoms with Crippen molar-refractivity contribution in [3.8, 4) is 0 Å². The SMILES string of the molecule is CC(O)C(F)(F)c1ccccc1Cl. The summed E-state index contributed by atoms with van der Waals surface area (Å²) in [6.45, 7) is 1.03. The Bertz CT molecular complexity index is 299. The molecular formula is C9H9ClF2O. The molecule has 4 heteroatoms. The average Bonchev–Trinajstić information content (AvgIpc) is 2.04. The first-order valence-electron chi connectivity index (χ1n) is 3.77. The van der Waals surface area contributed by atoms with Crippen LogP contribution in [0.5, 0.6) is 0 Å². The molecule has 0 fully saturated rings. The highest BCUT2D eigenvalue weighted by atomic mass is 35.5. The Morgan fingerprint density at radius 3 is 2.38 bits per heavy atom. The van der Waals surface area contributed by atoms with Gasteiger partial charge in [-0.05, 0) is 13.0 Å². The highest BCUT2D eigenvalue weighted by molar-refractivity contribution is 6.31. The van der Waals surface area contributed by atoms with Gasteiger partial charge in [0.25, 0.3) is 5.92 Å². The molecule has 13 heavy (non-hydrogen) atoms. The maximum Gasteiger partial charge on any atom is 0.299 e. The summed E-state index contributed by atoms with van der Waals surface area (Å²) < 4.78 is 26.4. The standard InChI is InChI=1S/C9H9ClF2O/c1-6(13)9(11,12)7-4-2-3-5-8(7)10/h2-6,13H,1H3. The first-order valence-corrected chi connectivity index (χ1v) is 4.15. The van der Waals surface area contributed by atoms with Crippen LogP contribution in [-0.4, -0.2) is 11.2 Å². The van der Waals surface area contributed by atoms with Gasteiger partial charge in [-0.25, -0.2) is 0 Å². The molecule has 0 radical (unpaired) electrons. The zero-order valence-corrected chi connectivity index (χ0v) is 7.72. The van der Waals surface area contributed by atoms with Crippen LogP contribution in [0.3, 0.4) is 0 Å². The topological polar surface area (TPSA) is 20.2 Å². The molecule has 0 aromatic heterocycles. The van der Waals surface area contributed by atoms with Gasteiger partial charge in [0, 0.05) is 10.6 Å². The normalized spacial score (nSPS) is 14.2. The summed E-state index contributed by atoms with van der Waals surface area (Å²) >= 11 is 5.56. The van der Waals surface area contributed by atoms with E-state index in [0.29, 0.717) is 0 Å². The second-order valence-electron chi connectivity index (χ2n) is 2.78. The predicted octanol–water partition coefficient (Wildman–Crippen LogP) is 2.81. The number of rotatable bonds is 2. The van der Waals surface area contributed by atoms with E-state index in [-0.39, 0.29) is 10.6 Å². The number of hydrogen-bond acceptors (Lipinski definition) is 1. The molecule has 0 heterocycles. The summed E-state index contributed by atoms with van der Waals surface area (Å²) in [5.74, 6) is -3.29. The molecule has 0 spiro atoms. The second-order valence-corrected chi connectivity index (χ2v) is 3.19. The molecule has 1 aromatic carbocycles. The molecular weight excluding hydrogens is 198 g/mol. The van der Waals surface area contributed by atoms with E-state index in [1.165, 1.54) is 18.2 Å². The summed E-state index contributed by atoms with van der Waals surface area (Å²) in [5.41, 5.74) is -0.341. The Kier molecular flexibility index (Phi) is 2.88. The highest BCUT2D eigenvalue weighted by Gasteiger charge is 2.38. The molecule has 0 aliphatic heterocycles. The highest BCUT2D eigenvalue weighted by Crippen LogP contribution is 2.35. The van der Waals surface area contributed by atoms with E-state index in [4.69, 9.17) is 16.7 Å². The van der Waals surface area contributed by atoms with Crippen molar-refractivity contribution in [3.63, 3.8) is 0 Å². The summed E-state index contributed by atoms with van der Waals surface area (Å²) in [6, 6.07) is 5.59. The Balaban J connectivity index is 3.14. The number of alkyl halides is 2. The fraction of sp³-hybridized carbons (Fsp3) is 0.333. The van der Waals surface area contributed by atoms with Crippen LogP contribution in [0, 0.1) is 0 Å². The molecule has 0 aliphatic rings. The minimum atomic E-state index is -3.29. The minimum absolute atomic E-state index is 0.0339. The molecule has 1 unspecified atom stereocenters. The molecule has 0 aliphatic carbocycles. The van der Waals surface area contributed by atoms with Crippen LogP contribution < -0.4 is 0 Å². The van der Waals surface area contributed by atoms with Gasteiger partial charge in [-0.3, -0.25) is 0 Å². The molecule has 1 N–H and O–H groups in total. The zero-order valence-electron chi connectivity index (χ0n) is 6.97. The van der Waals surface area contributed by atoms with E-state index in [1.54, 1.807) is 6.07 Å². The van der Waals surface area contributed by atoms with Gasteiger partial charge in [0.05, 0.1) is 0 Å². The average molecular weight is 207 g/mol. The quantitative estimate of drug-likeness (QED) is 0.789. The van der Waals surface area contributed by atoms with Crippen LogP contribution in [0.1, 0.15) is 12.5 Å². The van der Waals surface area contributed by atoms with Crippen LogP contribution in [0.2, 0.25) is 5.02 Å². The Morgan fingerprint density at radius 1 is 1.38 bits per heavy atom. The molecule has 0 saturated carbocycles. The van der Waals surface area contributed by atoms with Gasteiger partial charge in [-0.1, -0.05) is 29.8 Å². The monoisotopic (exact) mass is 206 g/mol. The number of aliphatic hydroxyl groups excluding tert-OH is 1. The third kappa shape index (κ3) is 1.98. The number of halogens is 3. The third-order valence-corrected chi connectivity index (χ3v) is 2.09. The summed E-state index contributed by atoms with van der Waals surface area (Å²) in [6.07, 6.45) is -1.74. The van der Waals surface area contributed by atoms with Gasteiger partial charge >= 0.3 is 0 Å². The zero-order chi connectivity index (χ0) is 10.1. The first kappa shape index (κ1) is 10.4. The lowest BCUT2D eigenvalue weighted by atomic mass is 10.0. The molecule has 1 aromatic rings. The maximum absolute atomic E-state index is 13.2. The fourth-order valence-corrected chi connectivity index (χ4v) is 1.22. The van der Waals surface area contributed by atoms with Crippen LogP contribution in [0.25, 0.3) is 0 Å². The van der Waals surface area contributed by atoms with Crippen molar-refractivity contribution in [1.29, 1.82) is 0 Å². The van der Waals surface area contributed by atoms with Crippen molar-refractivity contribution in [2.75, 3.05) is 0 Å². The minimum Gasteiger partial charge on any atom is -0.387 e. The first-order chi connectivity index (χ1) is 5.96. The molecule has 1 rings (SSSR count). The number of aliphatic hydroxyl groups is 1. The smallest absolute Gasteiger partial charge is 0.299 e. The van der Waals surface area contributed by atoms with E-state index >= 15 is 0 Å². The Hall–Kier alpha value is -0.670. The van der Waals surface area contributed by atoms with E-state index in [1.807, 2.05) is 0 Å². The molecule has 0 bridgehead atoms. The third-order valence-electron chi connectivity index (χ3n) is 1.76.